The zero-order chi connectivity index (χ0) is 9.60. The second kappa shape index (κ2) is 2.62. The molecule has 0 unspecified atom stereocenters. The first-order chi connectivity index (χ1) is 6.77. The first-order valence-electron chi connectivity index (χ1n) is 5.09. The van der Waals surface area contributed by atoms with Crippen LogP contribution in [0, 0.1) is 5.82 Å². The van der Waals surface area contributed by atoms with E-state index >= 15 is 0 Å². The number of rotatable bonds is 0. The molecule has 3 rings (SSSR count). The van der Waals surface area contributed by atoms with E-state index in [-0.39, 0.29) is 11.4 Å². The quantitative estimate of drug-likeness (QED) is 0.660. The Bertz CT molecular complexity index is 372. The Kier molecular flexibility index (Phi) is 1.52. The lowest BCUT2D eigenvalue weighted by Gasteiger charge is -2.47. The molecule has 74 valence electrons. The maximum absolute atomic E-state index is 12.9. The summed E-state index contributed by atoms with van der Waals surface area (Å²) in [5, 5.41) is 6.80. The second-order valence-corrected chi connectivity index (χ2v) is 4.30. The lowest BCUT2D eigenvalue weighted by molar-refractivity contribution is 0.291. The lowest BCUT2D eigenvalue weighted by atomic mass is 9.75. The van der Waals surface area contributed by atoms with Crippen LogP contribution in [-0.2, 0) is 0 Å². The molecule has 0 amide bonds. The molecule has 0 saturated heterocycles. The number of hydrogen-bond donors (Lipinski definition) is 2. The highest BCUT2D eigenvalue weighted by atomic mass is 19.1. The summed E-state index contributed by atoms with van der Waals surface area (Å²) in [6, 6.07) is 4.87. The van der Waals surface area contributed by atoms with Crippen LogP contribution in [0.4, 0.5) is 15.8 Å². The fraction of sp³-hybridized carbons (Fsp3) is 0.455. The van der Waals surface area contributed by atoms with Crippen molar-refractivity contribution in [2.75, 3.05) is 17.2 Å². The number of halogens is 1. The Labute approximate surface area is 82.5 Å². The Morgan fingerprint density at radius 3 is 2.79 bits per heavy atom. The minimum Gasteiger partial charge on any atom is -0.381 e. The summed E-state index contributed by atoms with van der Waals surface area (Å²) in [5.74, 6) is -0.178. The van der Waals surface area contributed by atoms with Crippen molar-refractivity contribution in [3.8, 4) is 0 Å². The molecule has 2 N–H and O–H groups in total. The summed E-state index contributed by atoms with van der Waals surface area (Å²) < 4.78 is 12.9. The van der Waals surface area contributed by atoms with Crippen molar-refractivity contribution >= 4 is 11.4 Å². The van der Waals surface area contributed by atoms with Crippen molar-refractivity contribution in [1.29, 1.82) is 0 Å². The molecule has 1 aromatic rings. The fourth-order valence-corrected chi connectivity index (χ4v) is 2.27. The van der Waals surface area contributed by atoms with E-state index in [1.807, 2.05) is 6.07 Å². The van der Waals surface area contributed by atoms with Crippen LogP contribution in [0.25, 0.3) is 0 Å². The highest BCUT2D eigenvalue weighted by molar-refractivity contribution is 5.72. The van der Waals surface area contributed by atoms with Crippen molar-refractivity contribution in [2.45, 2.75) is 24.8 Å². The minimum atomic E-state index is -0.178. The van der Waals surface area contributed by atoms with Crippen molar-refractivity contribution in [1.82, 2.24) is 0 Å². The second-order valence-electron chi connectivity index (χ2n) is 4.30. The molecule has 0 aromatic heterocycles. The fourth-order valence-electron chi connectivity index (χ4n) is 2.27. The topological polar surface area (TPSA) is 24.1 Å². The Hall–Kier alpha value is -1.25. The van der Waals surface area contributed by atoms with Gasteiger partial charge in [-0.15, -0.1) is 0 Å². The van der Waals surface area contributed by atoms with Gasteiger partial charge < -0.3 is 10.6 Å². The Morgan fingerprint density at radius 1 is 1.21 bits per heavy atom. The molecule has 3 heteroatoms. The molecule has 2 aliphatic rings. The molecule has 1 saturated carbocycles. The van der Waals surface area contributed by atoms with E-state index < -0.39 is 0 Å². The molecule has 0 atom stereocenters. The molecule has 0 radical (unpaired) electrons. The van der Waals surface area contributed by atoms with Gasteiger partial charge in [-0.2, -0.15) is 0 Å². The van der Waals surface area contributed by atoms with Crippen LogP contribution in [0.15, 0.2) is 18.2 Å². The Morgan fingerprint density at radius 2 is 2.07 bits per heavy atom. The maximum atomic E-state index is 12.9. The van der Waals surface area contributed by atoms with Crippen LogP contribution < -0.4 is 10.6 Å². The van der Waals surface area contributed by atoms with Crippen molar-refractivity contribution in [2.24, 2.45) is 0 Å². The van der Waals surface area contributed by atoms with E-state index in [9.17, 15) is 4.39 Å². The third-order valence-electron chi connectivity index (χ3n) is 3.31. The van der Waals surface area contributed by atoms with Crippen LogP contribution in [0.3, 0.4) is 0 Å². The molecule has 14 heavy (non-hydrogen) atoms. The number of hydrogen-bond acceptors (Lipinski definition) is 2. The SMILES string of the molecule is Fc1ccc2c(c1)NCC1(CCC1)N2. The van der Waals surface area contributed by atoms with E-state index in [4.69, 9.17) is 0 Å². The molecular formula is C11H13FN2. The summed E-state index contributed by atoms with van der Waals surface area (Å²) >= 11 is 0. The van der Waals surface area contributed by atoms with Crippen LogP contribution in [0.2, 0.25) is 0 Å². The largest absolute Gasteiger partial charge is 0.381 e. The average Bonchev–Trinajstić information content (AvgIpc) is 2.15. The van der Waals surface area contributed by atoms with Crippen LogP contribution in [-0.4, -0.2) is 12.1 Å². The molecule has 0 bridgehead atoms. The number of benzene rings is 1. The summed E-state index contributed by atoms with van der Waals surface area (Å²) in [4.78, 5) is 0. The van der Waals surface area contributed by atoms with Crippen molar-refractivity contribution in [3.05, 3.63) is 24.0 Å². The van der Waals surface area contributed by atoms with Crippen LogP contribution >= 0.6 is 0 Å². The molecule has 2 nitrogen and oxygen atoms in total. The zero-order valence-corrected chi connectivity index (χ0v) is 7.94. The third-order valence-corrected chi connectivity index (χ3v) is 3.31. The summed E-state index contributed by atoms with van der Waals surface area (Å²) in [7, 11) is 0. The number of anilines is 2. The molecule has 1 aliphatic heterocycles. The van der Waals surface area contributed by atoms with Gasteiger partial charge in [-0.05, 0) is 37.5 Å². The summed E-state index contributed by atoms with van der Waals surface area (Å²) in [6.07, 6.45) is 3.73. The van der Waals surface area contributed by atoms with E-state index in [0.29, 0.717) is 0 Å². The first kappa shape index (κ1) is 8.09. The van der Waals surface area contributed by atoms with Gasteiger partial charge in [0.25, 0.3) is 0 Å². The highest BCUT2D eigenvalue weighted by Gasteiger charge is 2.39. The summed E-state index contributed by atoms with van der Waals surface area (Å²) in [6.45, 7) is 0.920. The monoisotopic (exact) mass is 192 g/mol. The third kappa shape index (κ3) is 1.08. The molecular weight excluding hydrogens is 179 g/mol. The van der Waals surface area contributed by atoms with Crippen molar-refractivity contribution in [3.63, 3.8) is 0 Å². The average molecular weight is 192 g/mol. The van der Waals surface area contributed by atoms with E-state index in [2.05, 4.69) is 10.6 Å². The van der Waals surface area contributed by atoms with E-state index in [0.717, 1.165) is 17.9 Å². The predicted octanol–water partition coefficient (Wildman–Crippen LogP) is 2.59. The number of nitrogens with one attached hydrogen (secondary N) is 2. The van der Waals surface area contributed by atoms with Crippen LogP contribution in [0.1, 0.15) is 19.3 Å². The standard InChI is InChI=1S/C11H13FN2/c12-8-2-3-9-10(6-8)13-7-11(14-9)4-1-5-11/h2-3,6,13-14H,1,4-5,7H2. The molecule has 1 heterocycles. The minimum absolute atomic E-state index is 0.178. The van der Waals surface area contributed by atoms with Crippen molar-refractivity contribution < 1.29 is 4.39 Å². The molecule has 1 aliphatic carbocycles. The van der Waals surface area contributed by atoms with Gasteiger partial charge >= 0.3 is 0 Å². The van der Waals surface area contributed by atoms with Gasteiger partial charge in [0.2, 0.25) is 0 Å². The maximum Gasteiger partial charge on any atom is 0.125 e. The smallest absolute Gasteiger partial charge is 0.125 e. The zero-order valence-electron chi connectivity index (χ0n) is 7.94. The normalized spacial score (nSPS) is 21.8. The van der Waals surface area contributed by atoms with Gasteiger partial charge in [0, 0.05) is 6.54 Å². The first-order valence-corrected chi connectivity index (χ1v) is 5.09. The van der Waals surface area contributed by atoms with Gasteiger partial charge in [-0.1, -0.05) is 0 Å². The predicted molar refractivity (Wildman–Crippen MR) is 55.1 cm³/mol. The van der Waals surface area contributed by atoms with Gasteiger partial charge in [-0.25, -0.2) is 4.39 Å². The molecule has 1 spiro atoms. The highest BCUT2D eigenvalue weighted by Crippen LogP contribution is 2.40. The van der Waals surface area contributed by atoms with E-state index in [1.165, 1.54) is 25.3 Å². The lowest BCUT2D eigenvalue weighted by Crippen LogP contribution is -2.52. The number of fused-ring (bicyclic) bond motifs is 1. The van der Waals surface area contributed by atoms with Crippen LogP contribution in [0.5, 0.6) is 0 Å². The summed E-state index contributed by atoms with van der Waals surface area (Å²) in [5.41, 5.74) is 2.19. The van der Waals surface area contributed by atoms with Gasteiger partial charge in [-0.3, -0.25) is 0 Å². The van der Waals surface area contributed by atoms with Gasteiger partial charge in [0.05, 0.1) is 16.9 Å². The molecule has 1 fully saturated rings. The van der Waals surface area contributed by atoms with Gasteiger partial charge in [0.15, 0.2) is 0 Å². The molecule has 1 aromatic carbocycles. The Balaban J connectivity index is 1.94. The van der Waals surface area contributed by atoms with Gasteiger partial charge in [0.1, 0.15) is 5.82 Å². The van der Waals surface area contributed by atoms with E-state index in [1.54, 1.807) is 6.07 Å².